The molecule has 6 heteroatoms. The number of hydrogen-bond acceptors (Lipinski definition) is 4. The molecule has 0 unspecified atom stereocenters. The summed E-state index contributed by atoms with van der Waals surface area (Å²) < 4.78 is 24.1. The Balaban J connectivity index is 3.36. The van der Waals surface area contributed by atoms with Crippen LogP contribution in [-0.4, -0.2) is 18.0 Å². The predicted molar refractivity (Wildman–Crippen MR) is 90.2 cm³/mol. The minimum atomic E-state index is -3.71. The van der Waals surface area contributed by atoms with Gasteiger partial charge in [-0.05, 0) is 58.4 Å². The Bertz CT molecular complexity index is 594. The molecule has 0 saturated heterocycles. The molecule has 122 valence electrons. The van der Waals surface area contributed by atoms with E-state index < -0.39 is 7.60 Å². The quantitative estimate of drug-likeness (QED) is 0.496. The molecule has 0 amide bonds. The number of benzene rings is 1. The Hall–Kier alpha value is -0.930. The summed E-state index contributed by atoms with van der Waals surface area (Å²) in [6, 6.07) is 6.92. The molecule has 0 heterocycles. The molecule has 1 aromatic rings. The molecule has 0 atom stereocenters. The van der Waals surface area contributed by atoms with Gasteiger partial charge in [-0.1, -0.05) is 23.7 Å². The van der Waals surface area contributed by atoms with Gasteiger partial charge in [-0.3, -0.25) is 9.36 Å². The highest BCUT2D eigenvalue weighted by molar-refractivity contribution is 7.60. The lowest BCUT2D eigenvalue weighted by atomic mass is 10.2. The predicted octanol–water partition coefficient (Wildman–Crippen LogP) is 5.31. The number of hydrogen-bond donors (Lipinski definition) is 0. The normalized spacial score (nSPS) is 13.0. The van der Waals surface area contributed by atoms with Crippen LogP contribution in [0.4, 0.5) is 0 Å². The van der Waals surface area contributed by atoms with Gasteiger partial charge in [0.05, 0.1) is 12.2 Å². The van der Waals surface area contributed by atoms with Crippen LogP contribution in [0.3, 0.4) is 0 Å². The van der Waals surface area contributed by atoms with Crippen LogP contribution in [0.2, 0.25) is 5.02 Å². The van der Waals surface area contributed by atoms with Crippen molar-refractivity contribution in [2.75, 3.05) is 0 Å². The van der Waals surface area contributed by atoms with Crippen LogP contribution < -0.4 is 0 Å². The Morgan fingerprint density at radius 1 is 1.18 bits per heavy atom. The molecule has 0 aromatic heterocycles. The van der Waals surface area contributed by atoms with Crippen molar-refractivity contribution in [3.8, 4) is 0 Å². The number of carbonyl (C=O) groups is 1. The van der Waals surface area contributed by atoms with Crippen molar-refractivity contribution in [1.82, 2.24) is 0 Å². The first-order chi connectivity index (χ1) is 10.1. The molecule has 0 aliphatic rings. The van der Waals surface area contributed by atoms with Gasteiger partial charge < -0.3 is 9.05 Å². The molecule has 0 aliphatic heterocycles. The van der Waals surface area contributed by atoms with Crippen molar-refractivity contribution >= 4 is 31.1 Å². The van der Waals surface area contributed by atoms with Gasteiger partial charge in [0, 0.05) is 5.02 Å². The molecule has 4 nitrogen and oxygen atoms in total. The Kier molecular flexibility index (Phi) is 7.01. The maximum atomic E-state index is 13.1. The van der Waals surface area contributed by atoms with Gasteiger partial charge in [0.2, 0.25) is 0 Å². The first-order valence-electron chi connectivity index (χ1n) is 7.09. The van der Waals surface area contributed by atoms with E-state index in [9.17, 15) is 9.36 Å². The second-order valence-corrected chi connectivity index (χ2v) is 7.78. The maximum Gasteiger partial charge on any atom is 0.365 e. The van der Waals surface area contributed by atoms with E-state index in [4.69, 9.17) is 20.6 Å². The van der Waals surface area contributed by atoms with Gasteiger partial charge in [-0.15, -0.1) is 0 Å². The van der Waals surface area contributed by atoms with Crippen LogP contribution in [0.15, 0.2) is 29.6 Å². The first kappa shape index (κ1) is 19.1. The van der Waals surface area contributed by atoms with E-state index in [1.165, 1.54) is 13.0 Å². The molecule has 1 rings (SSSR count). The van der Waals surface area contributed by atoms with E-state index >= 15 is 0 Å². The monoisotopic (exact) mass is 344 g/mol. The number of allylic oxidation sites excluding steroid dienone is 1. The Morgan fingerprint density at radius 2 is 1.73 bits per heavy atom. The third kappa shape index (κ3) is 5.69. The van der Waals surface area contributed by atoms with Crippen LogP contribution in [0.25, 0.3) is 6.08 Å². The lowest BCUT2D eigenvalue weighted by Gasteiger charge is -2.24. The molecule has 0 aliphatic carbocycles. The lowest BCUT2D eigenvalue weighted by molar-refractivity contribution is -0.113. The van der Waals surface area contributed by atoms with E-state index in [-0.39, 0.29) is 23.3 Å². The zero-order chi connectivity index (χ0) is 16.9. The molecule has 0 N–H and O–H groups in total. The number of halogens is 1. The van der Waals surface area contributed by atoms with E-state index in [1.54, 1.807) is 52.0 Å². The van der Waals surface area contributed by atoms with Crippen molar-refractivity contribution in [2.45, 2.75) is 46.8 Å². The second kappa shape index (κ2) is 8.07. The SMILES string of the molecule is CC(=O)/C(=C/c1cccc(Cl)c1)P(=O)(OC(C)C)OC(C)C. The van der Waals surface area contributed by atoms with E-state index in [1.807, 2.05) is 0 Å². The van der Waals surface area contributed by atoms with Crippen LogP contribution in [0.5, 0.6) is 0 Å². The fraction of sp³-hybridized carbons (Fsp3) is 0.438. The topological polar surface area (TPSA) is 52.6 Å². The summed E-state index contributed by atoms with van der Waals surface area (Å²) in [5, 5.41) is 0.554. The Morgan fingerprint density at radius 3 is 2.14 bits per heavy atom. The fourth-order valence-corrected chi connectivity index (χ4v) is 4.10. The van der Waals surface area contributed by atoms with Crippen molar-refractivity contribution in [2.24, 2.45) is 0 Å². The Labute approximate surface area is 137 Å². The zero-order valence-electron chi connectivity index (χ0n) is 13.5. The molecule has 0 spiro atoms. The van der Waals surface area contributed by atoms with Gasteiger partial charge in [0.15, 0.2) is 5.78 Å². The lowest BCUT2D eigenvalue weighted by Crippen LogP contribution is -2.12. The highest BCUT2D eigenvalue weighted by atomic mass is 35.5. The van der Waals surface area contributed by atoms with Gasteiger partial charge in [-0.2, -0.15) is 0 Å². The summed E-state index contributed by atoms with van der Waals surface area (Å²) in [7, 11) is -3.71. The van der Waals surface area contributed by atoms with Gasteiger partial charge in [0.1, 0.15) is 5.31 Å². The van der Waals surface area contributed by atoms with Crippen molar-refractivity contribution in [3.63, 3.8) is 0 Å². The number of rotatable bonds is 7. The third-order valence-electron chi connectivity index (χ3n) is 2.51. The summed E-state index contributed by atoms with van der Waals surface area (Å²) in [5.74, 6) is -0.357. The molecule has 1 aromatic carbocycles. The molecule has 0 radical (unpaired) electrons. The van der Waals surface area contributed by atoms with Crippen LogP contribution in [0.1, 0.15) is 40.2 Å². The fourth-order valence-electron chi connectivity index (χ4n) is 1.82. The van der Waals surface area contributed by atoms with Crippen molar-refractivity contribution < 1.29 is 18.4 Å². The number of Topliss-reactive ketones (excluding diaryl/α,β-unsaturated/α-hetero) is 1. The summed E-state index contributed by atoms with van der Waals surface area (Å²) in [4.78, 5) is 12.0. The maximum absolute atomic E-state index is 13.1. The second-order valence-electron chi connectivity index (χ2n) is 5.45. The average molecular weight is 345 g/mol. The highest BCUT2D eigenvalue weighted by Gasteiger charge is 2.35. The average Bonchev–Trinajstić information content (AvgIpc) is 2.33. The minimum Gasteiger partial charge on any atom is -0.302 e. The smallest absolute Gasteiger partial charge is 0.302 e. The molecule has 0 bridgehead atoms. The van der Waals surface area contributed by atoms with Gasteiger partial charge in [0.25, 0.3) is 0 Å². The summed E-state index contributed by atoms with van der Waals surface area (Å²) in [6.07, 6.45) is 0.832. The van der Waals surface area contributed by atoms with Crippen molar-refractivity contribution in [1.29, 1.82) is 0 Å². The largest absolute Gasteiger partial charge is 0.365 e. The van der Waals surface area contributed by atoms with Crippen LogP contribution in [0, 0.1) is 0 Å². The number of carbonyl (C=O) groups excluding carboxylic acids is 1. The zero-order valence-corrected chi connectivity index (χ0v) is 15.1. The first-order valence-corrected chi connectivity index (χ1v) is 9.01. The van der Waals surface area contributed by atoms with Crippen LogP contribution in [-0.2, 0) is 18.4 Å². The standard InChI is InChI=1S/C16H22ClO4P/c1-11(2)20-22(19,21-12(3)4)16(13(5)18)10-14-7-6-8-15(17)9-14/h6-12H,1-5H3/b16-10-. The molecule has 0 fully saturated rings. The van der Waals surface area contributed by atoms with Crippen molar-refractivity contribution in [3.05, 3.63) is 40.2 Å². The molecule has 22 heavy (non-hydrogen) atoms. The third-order valence-corrected chi connectivity index (χ3v) is 5.17. The van der Waals surface area contributed by atoms with E-state index in [2.05, 4.69) is 0 Å². The summed E-state index contributed by atoms with van der Waals surface area (Å²) in [6.45, 7) is 8.32. The molecular weight excluding hydrogens is 323 g/mol. The molecule has 0 saturated carbocycles. The van der Waals surface area contributed by atoms with E-state index in [0.717, 1.165) is 0 Å². The minimum absolute atomic E-state index is 0.0252. The van der Waals surface area contributed by atoms with Gasteiger partial charge in [-0.25, -0.2) is 0 Å². The summed E-state index contributed by atoms with van der Waals surface area (Å²) in [5.41, 5.74) is 0.664. The molecular formula is C16H22ClO4P. The highest BCUT2D eigenvalue weighted by Crippen LogP contribution is 2.58. The van der Waals surface area contributed by atoms with Crippen LogP contribution >= 0.6 is 19.2 Å². The number of ketones is 1. The van der Waals surface area contributed by atoms with E-state index in [0.29, 0.717) is 10.6 Å². The summed E-state index contributed by atoms with van der Waals surface area (Å²) >= 11 is 5.95. The van der Waals surface area contributed by atoms with Gasteiger partial charge >= 0.3 is 7.60 Å².